The molecular formula is C17H18N2O2S. The van der Waals surface area contributed by atoms with Crippen molar-refractivity contribution in [2.45, 2.75) is 19.9 Å². The average Bonchev–Trinajstić information content (AvgIpc) is 2.54. The number of thiocarbonyl (C=S) groups is 1. The van der Waals surface area contributed by atoms with E-state index in [0.717, 1.165) is 17.7 Å². The molecule has 2 rings (SSSR count). The lowest BCUT2D eigenvalue weighted by Crippen LogP contribution is -2.28. The number of aromatic carboxylic acids is 1. The van der Waals surface area contributed by atoms with Gasteiger partial charge in [0.15, 0.2) is 5.11 Å². The number of hydrogen-bond donors (Lipinski definition) is 3. The van der Waals surface area contributed by atoms with E-state index in [1.807, 2.05) is 18.2 Å². The van der Waals surface area contributed by atoms with Crippen molar-refractivity contribution >= 4 is 29.0 Å². The molecule has 0 bridgehead atoms. The monoisotopic (exact) mass is 314 g/mol. The number of carboxylic acids is 1. The van der Waals surface area contributed by atoms with Gasteiger partial charge < -0.3 is 15.7 Å². The van der Waals surface area contributed by atoms with Crippen LogP contribution in [0.2, 0.25) is 0 Å². The van der Waals surface area contributed by atoms with E-state index in [2.05, 4.69) is 23.6 Å². The maximum absolute atomic E-state index is 10.8. The Balaban J connectivity index is 1.91. The van der Waals surface area contributed by atoms with Crippen molar-refractivity contribution in [3.63, 3.8) is 0 Å². The number of benzene rings is 2. The molecular weight excluding hydrogens is 296 g/mol. The van der Waals surface area contributed by atoms with Gasteiger partial charge in [-0.25, -0.2) is 4.79 Å². The molecule has 0 heterocycles. The van der Waals surface area contributed by atoms with Gasteiger partial charge in [-0.1, -0.05) is 37.3 Å². The Labute approximate surface area is 135 Å². The number of carboxylic acid groups (broad SMARTS) is 1. The van der Waals surface area contributed by atoms with Gasteiger partial charge in [-0.15, -0.1) is 0 Å². The van der Waals surface area contributed by atoms with Crippen LogP contribution in [0.1, 0.15) is 28.4 Å². The standard InChI is InChI=1S/C17H18N2O2S/c1-2-13-5-3-4-6-15(13)19-17(22)18-11-12-7-9-14(10-8-12)16(20)21/h3-10H,2,11H2,1H3,(H,20,21)(H2,18,19,22). The molecule has 0 saturated carbocycles. The van der Waals surface area contributed by atoms with Gasteiger partial charge in [0.25, 0.3) is 0 Å². The van der Waals surface area contributed by atoms with Gasteiger partial charge in [-0.3, -0.25) is 0 Å². The molecule has 114 valence electrons. The minimum atomic E-state index is -0.923. The fourth-order valence-electron chi connectivity index (χ4n) is 2.06. The third kappa shape index (κ3) is 4.30. The average molecular weight is 314 g/mol. The van der Waals surface area contributed by atoms with Crippen molar-refractivity contribution in [3.8, 4) is 0 Å². The lowest BCUT2D eigenvalue weighted by molar-refractivity contribution is 0.0697. The predicted octanol–water partition coefficient (Wildman–Crippen LogP) is 3.43. The minimum Gasteiger partial charge on any atom is -0.478 e. The van der Waals surface area contributed by atoms with Crippen LogP contribution in [-0.2, 0) is 13.0 Å². The zero-order chi connectivity index (χ0) is 15.9. The Hall–Kier alpha value is -2.40. The summed E-state index contributed by atoms with van der Waals surface area (Å²) in [7, 11) is 0. The third-order valence-corrected chi connectivity index (χ3v) is 3.55. The van der Waals surface area contributed by atoms with Crippen LogP contribution in [-0.4, -0.2) is 16.2 Å². The molecule has 0 spiro atoms. The Morgan fingerprint density at radius 1 is 1.14 bits per heavy atom. The molecule has 0 unspecified atom stereocenters. The smallest absolute Gasteiger partial charge is 0.335 e. The van der Waals surface area contributed by atoms with Crippen molar-refractivity contribution in [1.82, 2.24) is 5.32 Å². The lowest BCUT2D eigenvalue weighted by atomic mass is 10.1. The maximum Gasteiger partial charge on any atom is 0.335 e. The summed E-state index contributed by atoms with van der Waals surface area (Å²) in [6.07, 6.45) is 0.933. The molecule has 0 aliphatic carbocycles. The quantitative estimate of drug-likeness (QED) is 0.738. The first-order valence-corrected chi connectivity index (χ1v) is 7.46. The first-order chi connectivity index (χ1) is 10.6. The van der Waals surface area contributed by atoms with Crippen LogP contribution in [0.5, 0.6) is 0 Å². The molecule has 0 aliphatic heterocycles. The molecule has 0 amide bonds. The molecule has 0 radical (unpaired) electrons. The Morgan fingerprint density at radius 2 is 1.82 bits per heavy atom. The zero-order valence-electron chi connectivity index (χ0n) is 12.3. The topological polar surface area (TPSA) is 61.4 Å². The normalized spacial score (nSPS) is 10.0. The third-order valence-electron chi connectivity index (χ3n) is 3.30. The number of para-hydroxylation sites is 1. The second kappa shape index (κ2) is 7.56. The second-order valence-electron chi connectivity index (χ2n) is 4.82. The van der Waals surface area contributed by atoms with Crippen LogP contribution >= 0.6 is 12.2 Å². The van der Waals surface area contributed by atoms with E-state index in [1.54, 1.807) is 24.3 Å². The highest BCUT2D eigenvalue weighted by atomic mass is 32.1. The summed E-state index contributed by atoms with van der Waals surface area (Å²) in [6.45, 7) is 2.64. The molecule has 0 aromatic heterocycles. The molecule has 4 nitrogen and oxygen atoms in total. The van der Waals surface area contributed by atoms with Crippen LogP contribution in [0.25, 0.3) is 0 Å². The summed E-state index contributed by atoms with van der Waals surface area (Å²) in [6, 6.07) is 14.8. The summed E-state index contributed by atoms with van der Waals surface area (Å²) < 4.78 is 0. The Kier molecular flexibility index (Phi) is 5.49. The van der Waals surface area contributed by atoms with Crippen LogP contribution in [0.3, 0.4) is 0 Å². The number of rotatable bonds is 5. The minimum absolute atomic E-state index is 0.279. The van der Waals surface area contributed by atoms with Gasteiger partial charge in [-0.05, 0) is 48.0 Å². The first kappa shape index (κ1) is 16.0. The summed E-state index contributed by atoms with van der Waals surface area (Å²) in [4.78, 5) is 10.8. The van der Waals surface area contributed by atoms with Gasteiger partial charge in [0.05, 0.1) is 5.56 Å². The second-order valence-corrected chi connectivity index (χ2v) is 5.23. The molecule has 0 aliphatic rings. The molecule has 2 aromatic rings. The number of nitrogens with one attached hydrogen (secondary N) is 2. The largest absolute Gasteiger partial charge is 0.478 e. The highest BCUT2D eigenvalue weighted by molar-refractivity contribution is 7.80. The maximum atomic E-state index is 10.8. The number of aryl methyl sites for hydroxylation is 1. The van der Waals surface area contributed by atoms with Gasteiger partial charge in [0.1, 0.15) is 0 Å². The van der Waals surface area contributed by atoms with Crippen molar-refractivity contribution in [3.05, 3.63) is 65.2 Å². The van der Waals surface area contributed by atoms with E-state index in [9.17, 15) is 4.79 Å². The molecule has 22 heavy (non-hydrogen) atoms. The van der Waals surface area contributed by atoms with Gasteiger partial charge in [0, 0.05) is 12.2 Å². The van der Waals surface area contributed by atoms with Gasteiger partial charge >= 0.3 is 5.97 Å². The highest BCUT2D eigenvalue weighted by Gasteiger charge is 2.04. The van der Waals surface area contributed by atoms with E-state index in [-0.39, 0.29) is 5.56 Å². The van der Waals surface area contributed by atoms with Gasteiger partial charge in [-0.2, -0.15) is 0 Å². The lowest BCUT2D eigenvalue weighted by Gasteiger charge is -2.13. The van der Waals surface area contributed by atoms with Crippen molar-refractivity contribution in [2.24, 2.45) is 0 Å². The van der Waals surface area contributed by atoms with Crippen LogP contribution in [0, 0.1) is 0 Å². The molecule has 0 saturated heterocycles. The number of carbonyl (C=O) groups is 1. The van der Waals surface area contributed by atoms with Crippen molar-refractivity contribution in [1.29, 1.82) is 0 Å². The van der Waals surface area contributed by atoms with E-state index < -0.39 is 5.97 Å². The molecule has 0 atom stereocenters. The van der Waals surface area contributed by atoms with Crippen molar-refractivity contribution in [2.75, 3.05) is 5.32 Å². The fraction of sp³-hybridized carbons (Fsp3) is 0.176. The molecule has 0 fully saturated rings. The molecule has 2 aromatic carbocycles. The summed E-state index contributed by atoms with van der Waals surface area (Å²) >= 11 is 5.29. The molecule has 5 heteroatoms. The summed E-state index contributed by atoms with van der Waals surface area (Å²) in [5.74, 6) is -0.923. The van der Waals surface area contributed by atoms with Crippen molar-refractivity contribution < 1.29 is 9.90 Å². The van der Waals surface area contributed by atoms with Crippen LogP contribution in [0.15, 0.2) is 48.5 Å². The van der Waals surface area contributed by atoms with Crippen LogP contribution in [0.4, 0.5) is 5.69 Å². The van der Waals surface area contributed by atoms with E-state index >= 15 is 0 Å². The van der Waals surface area contributed by atoms with Gasteiger partial charge in [0.2, 0.25) is 0 Å². The van der Waals surface area contributed by atoms with E-state index in [4.69, 9.17) is 17.3 Å². The van der Waals surface area contributed by atoms with Crippen LogP contribution < -0.4 is 10.6 Å². The van der Waals surface area contributed by atoms with E-state index in [1.165, 1.54) is 5.56 Å². The SMILES string of the molecule is CCc1ccccc1NC(=S)NCc1ccc(C(=O)O)cc1. The zero-order valence-corrected chi connectivity index (χ0v) is 13.1. The first-order valence-electron chi connectivity index (χ1n) is 7.05. The Bertz CT molecular complexity index is 669. The van der Waals surface area contributed by atoms with E-state index in [0.29, 0.717) is 11.7 Å². The fourth-order valence-corrected chi connectivity index (χ4v) is 2.25. The molecule has 3 N–H and O–H groups in total. The summed E-state index contributed by atoms with van der Waals surface area (Å²) in [5, 5.41) is 15.7. The number of hydrogen-bond acceptors (Lipinski definition) is 2. The predicted molar refractivity (Wildman–Crippen MR) is 92.3 cm³/mol. The number of anilines is 1. The Morgan fingerprint density at radius 3 is 2.45 bits per heavy atom. The highest BCUT2D eigenvalue weighted by Crippen LogP contribution is 2.15. The summed E-state index contributed by atoms with van der Waals surface area (Å²) in [5.41, 5.74) is 3.46.